The van der Waals surface area contributed by atoms with Crippen molar-refractivity contribution in [2.24, 2.45) is 0 Å². The van der Waals surface area contributed by atoms with E-state index in [2.05, 4.69) is 36.0 Å². The Morgan fingerprint density at radius 1 is 1.40 bits per heavy atom. The maximum Gasteiger partial charge on any atom is 0.311 e. The van der Waals surface area contributed by atoms with Gasteiger partial charge in [0.2, 0.25) is 0 Å². The van der Waals surface area contributed by atoms with E-state index >= 15 is 0 Å². The van der Waals surface area contributed by atoms with Gasteiger partial charge in [-0.05, 0) is 28.1 Å². The number of carbonyl (C=O) groups is 2. The van der Waals surface area contributed by atoms with E-state index in [9.17, 15) is 9.59 Å². The zero-order valence-electron chi connectivity index (χ0n) is 10.4. The first kappa shape index (κ1) is 14.6. The number of thiazole rings is 1. The Morgan fingerprint density at radius 2 is 2.20 bits per heavy atom. The highest BCUT2D eigenvalue weighted by atomic mass is 79.9. The fraction of sp³-hybridized carbons (Fsp3) is 0.167. The summed E-state index contributed by atoms with van der Waals surface area (Å²) in [4.78, 5) is 31.2. The molecule has 0 fully saturated rings. The maximum atomic E-state index is 11.9. The number of ether oxygens (including phenoxy) is 1. The molecule has 0 radical (unpaired) electrons. The molecule has 0 saturated carbocycles. The molecule has 1 N–H and O–H groups in total. The van der Waals surface area contributed by atoms with E-state index in [0.717, 1.165) is 0 Å². The smallest absolute Gasteiger partial charge is 0.311 e. The Labute approximate surface area is 127 Å². The minimum atomic E-state index is -0.373. The minimum absolute atomic E-state index is 0.0814. The first-order valence-corrected chi connectivity index (χ1v) is 7.21. The third-order valence-electron chi connectivity index (χ3n) is 2.27. The lowest BCUT2D eigenvalue weighted by Crippen LogP contribution is -2.13. The number of anilines is 1. The highest BCUT2D eigenvalue weighted by molar-refractivity contribution is 9.10. The van der Waals surface area contributed by atoms with Crippen molar-refractivity contribution in [3.8, 4) is 0 Å². The number of hydrogen-bond acceptors (Lipinski definition) is 6. The van der Waals surface area contributed by atoms with Gasteiger partial charge in [0.25, 0.3) is 5.91 Å². The first-order valence-electron chi connectivity index (χ1n) is 5.53. The van der Waals surface area contributed by atoms with Crippen molar-refractivity contribution >= 4 is 44.3 Å². The van der Waals surface area contributed by atoms with Crippen LogP contribution in [0.2, 0.25) is 0 Å². The molecule has 0 aliphatic rings. The molecule has 0 aromatic carbocycles. The number of nitrogens with zero attached hydrogens (tertiary/aromatic N) is 2. The largest absolute Gasteiger partial charge is 0.469 e. The van der Waals surface area contributed by atoms with Crippen molar-refractivity contribution in [1.82, 2.24) is 9.97 Å². The van der Waals surface area contributed by atoms with Crippen LogP contribution in [0.5, 0.6) is 0 Å². The van der Waals surface area contributed by atoms with E-state index < -0.39 is 0 Å². The molecule has 20 heavy (non-hydrogen) atoms. The van der Waals surface area contributed by atoms with E-state index in [0.29, 0.717) is 15.4 Å². The van der Waals surface area contributed by atoms with Crippen LogP contribution in [0.25, 0.3) is 0 Å². The Hall–Kier alpha value is -1.80. The highest BCUT2D eigenvalue weighted by Crippen LogP contribution is 2.17. The molecule has 2 heterocycles. The lowest BCUT2D eigenvalue weighted by Gasteiger charge is -2.01. The van der Waals surface area contributed by atoms with Gasteiger partial charge in [0.05, 0.1) is 19.2 Å². The summed E-state index contributed by atoms with van der Waals surface area (Å²) in [5.74, 6) is -0.730. The highest BCUT2D eigenvalue weighted by Gasteiger charge is 2.12. The number of esters is 1. The summed E-state index contributed by atoms with van der Waals surface area (Å²) >= 11 is 4.44. The first-order chi connectivity index (χ1) is 9.58. The standard InChI is InChI=1S/C12H10BrN3O3S/c1-19-10(17)5-7-6-20-12(14-7)16-11(18)8-3-2-4-9(13)15-8/h2-4,6H,5H2,1H3,(H,14,16,18). The van der Waals surface area contributed by atoms with Crippen LogP contribution < -0.4 is 5.32 Å². The van der Waals surface area contributed by atoms with Crippen molar-refractivity contribution in [1.29, 1.82) is 0 Å². The Morgan fingerprint density at radius 3 is 2.90 bits per heavy atom. The summed E-state index contributed by atoms with van der Waals surface area (Å²) in [7, 11) is 1.32. The normalized spacial score (nSPS) is 10.1. The molecule has 0 bridgehead atoms. The van der Waals surface area contributed by atoms with Gasteiger partial charge in [0.15, 0.2) is 5.13 Å². The molecule has 0 unspecified atom stereocenters. The molecule has 0 aliphatic heterocycles. The number of aromatic nitrogens is 2. The second kappa shape index (κ2) is 6.58. The lowest BCUT2D eigenvalue weighted by molar-refractivity contribution is -0.139. The van der Waals surface area contributed by atoms with Crippen molar-refractivity contribution < 1.29 is 14.3 Å². The van der Waals surface area contributed by atoms with E-state index in [1.165, 1.54) is 18.4 Å². The number of methoxy groups -OCH3 is 1. The number of rotatable bonds is 4. The van der Waals surface area contributed by atoms with Crippen LogP contribution in [0.15, 0.2) is 28.2 Å². The average Bonchev–Trinajstić information content (AvgIpc) is 2.85. The molecule has 2 aromatic rings. The predicted octanol–water partition coefficient (Wildman–Crippen LogP) is 2.27. The Kier molecular flexibility index (Phi) is 4.80. The van der Waals surface area contributed by atoms with Gasteiger partial charge in [0.1, 0.15) is 10.3 Å². The third kappa shape index (κ3) is 3.84. The van der Waals surface area contributed by atoms with E-state index in [1.54, 1.807) is 23.6 Å². The van der Waals surface area contributed by atoms with Crippen LogP contribution in [-0.2, 0) is 16.0 Å². The van der Waals surface area contributed by atoms with Gasteiger partial charge in [-0.3, -0.25) is 14.9 Å². The summed E-state index contributed by atoms with van der Waals surface area (Å²) in [5.41, 5.74) is 0.837. The summed E-state index contributed by atoms with van der Waals surface area (Å²) in [6.07, 6.45) is 0.0814. The molecule has 2 aromatic heterocycles. The number of hydrogen-bond donors (Lipinski definition) is 1. The number of pyridine rings is 1. The molecule has 1 amide bonds. The van der Waals surface area contributed by atoms with Crippen LogP contribution in [0.1, 0.15) is 16.2 Å². The monoisotopic (exact) mass is 355 g/mol. The summed E-state index contributed by atoms with van der Waals surface area (Å²) in [6.45, 7) is 0. The van der Waals surface area contributed by atoms with E-state index in [1.807, 2.05) is 0 Å². The molecule has 104 valence electrons. The fourth-order valence-electron chi connectivity index (χ4n) is 1.36. The van der Waals surface area contributed by atoms with Crippen LogP contribution in [0.3, 0.4) is 0 Å². The molecule has 0 saturated heterocycles. The minimum Gasteiger partial charge on any atom is -0.469 e. The van der Waals surface area contributed by atoms with Crippen molar-refractivity contribution in [2.75, 3.05) is 12.4 Å². The molecular formula is C12H10BrN3O3S. The van der Waals surface area contributed by atoms with Crippen molar-refractivity contribution in [3.05, 3.63) is 39.6 Å². The second-order valence-electron chi connectivity index (χ2n) is 3.70. The van der Waals surface area contributed by atoms with Gasteiger partial charge < -0.3 is 4.74 Å². The zero-order valence-corrected chi connectivity index (χ0v) is 12.8. The van der Waals surface area contributed by atoms with Gasteiger partial charge in [-0.25, -0.2) is 9.97 Å². The fourth-order valence-corrected chi connectivity index (χ4v) is 2.41. The third-order valence-corrected chi connectivity index (χ3v) is 3.52. The molecule has 0 atom stereocenters. The second-order valence-corrected chi connectivity index (χ2v) is 5.37. The Bertz CT molecular complexity index is 644. The summed E-state index contributed by atoms with van der Waals surface area (Å²) in [5, 5.41) is 4.74. The van der Waals surface area contributed by atoms with Gasteiger partial charge in [-0.2, -0.15) is 0 Å². The average molecular weight is 356 g/mol. The number of amides is 1. The van der Waals surface area contributed by atoms with Crippen LogP contribution in [0.4, 0.5) is 5.13 Å². The molecule has 0 spiro atoms. The van der Waals surface area contributed by atoms with Gasteiger partial charge in [-0.15, -0.1) is 11.3 Å². The predicted molar refractivity (Wildman–Crippen MR) is 77.7 cm³/mol. The number of carbonyl (C=O) groups excluding carboxylic acids is 2. The molecule has 8 heteroatoms. The maximum absolute atomic E-state index is 11.9. The SMILES string of the molecule is COC(=O)Cc1csc(NC(=O)c2cccc(Br)n2)n1. The van der Waals surface area contributed by atoms with Crippen LogP contribution in [-0.4, -0.2) is 29.0 Å². The quantitative estimate of drug-likeness (QED) is 0.671. The lowest BCUT2D eigenvalue weighted by atomic mass is 10.3. The van der Waals surface area contributed by atoms with Crippen molar-refractivity contribution in [3.63, 3.8) is 0 Å². The topological polar surface area (TPSA) is 81.2 Å². The van der Waals surface area contributed by atoms with E-state index in [4.69, 9.17) is 0 Å². The number of nitrogens with one attached hydrogen (secondary N) is 1. The zero-order chi connectivity index (χ0) is 14.5. The molecular weight excluding hydrogens is 346 g/mol. The van der Waals surface area contributed by atoms with Gasteiger partial charge in [0, 0.05) is 5.38 Å². The van der Waals surface area contributed by atoms with Gasteiger partial charge >= 0.3 is 5.97 Å². The number of halogens is 1. The summed E-state index contributed by atoms with van der Waals surface area (Å²) in [6, 6.07) is 5.05. The molecule has 0 aliphatic carbocycles. The molecule has 2 rings (SSSR count). The van der Waals surface area contributed by atoms with Crippen molar-refractivity contribution in [2.45, 2.75) is 6.42 Å². The molecule has 6 nitrogen and oxygen atoms in total. The van der Waals surface area contributed by atoms with Gasteiger partial charge in [-0.1, -0.05) is 6.07 Å². The summed E-state index contributed by atoms with van der Waals surface area (Å²) < 4.78 is 5.13. The Balaban J connectivity index is 2.03. The van der Waals surface area contributed by atoms with Crippen LogP contribution >= 0.6 is 27.3 Å². The van der Waals surface area contributed by atoms with E-state index in [-0.39, 0.29) is 24.0 Å². The van der Waals surface area contributed by atoms with Crippen LogP contribution in [0, 0.1) is 0 Å².